The van der Waals surface area contributed by atoms with E-state index in [1.165, 1.54) is 0 Å². The van der Waals surface area contributed by atoms with Gasteiger partial charge in [-0.2, -0.15) is 0 Å². The number of benzene rings is 1. The number of hydrogen-bond acceptors (Lipinski definition) is 3. The van der Waals surface area contributed by atoms with E-state index < -0.39 is 0 Å². The molecule has 1 aromatic carbocycles. The highest BCUT2D eigenvalue weighted by Gasteiger charge is 2.19. The van der Waals surface area contributed by atoms with Gasteiger partial charge in [0.05, 0.1) is 6.42 Å². The van der Waals surface area contributed by atoms with Crippen LogP contribution in [0.2, 0.25) is 0 Å². The molecule has 2 N–H and O–H groups in total. The minimum absolute atomic E-state index is 0.0480. The van der Waals surface area contributed by atoms with E-state index in [0.29, 0.717) is 12.8 Å². The third kappa shape index (κ3) is 2.76. The van der Waals surface area contributed by atoms with E-state index >= 15 is 0 Å². The number of carbonyl (C=O) groups excluding carboxylic acids is 2. The minimum atomic E-state index is 0.0480. The van der Waals surface area contributed by atoms with Gasteiger partial charge in [0.15, 0.2) is 0 Å². The monoisotopic (exact) mass is 246 g/mol. The lowest BCUT2D eigenvalue weighted by Crippen LogP contribution is -2.17. The molecule has 96 valence electrons. The molecule has 1 aromatic rings. The molecular formula is C14H18N2O2. The van der Waals surface area contributed by atoms with E-state index in [1.54, 1.807) is 6.92 Å². The van der Waals surface area contributed by atoms with Crippen LogP contribution in [0, 0.1) is 0 Å². The topological polar surface area (TPSA) is 58.2 Å². The molecule has 1 unspecified atom stereocenters. The summed E-state index contributed by atoms with van der Waals surface area (Å²) in [7, 11) is 1.89. The van der Waals surface area contributed by atoms with Crippen molar-refractivity contribution in [1.82, 2.24) is 5.32 Å². The standard InChI is InChI=1S/C14H18N2O2/c1-9(17)3-5-12(15-2)10-4-6-13-11(7-10)8-14(18)16-13/h4,6-7,12,15H,3,5,8H2,1-2H3,(H,16,18). The third-order valence-electron chi connectivity index (χ3n) is 3.29. The molecule has 18 heavy (non-hydrogen) atoms. The summed E-state index contributed by atoms with van der Waals surface area (Å²) in [5.74, 6) is 0.250. The van der Waals surface area contributed by atoms with Crippen LogP contribution in [-0.4, -0.2) is 18.7 Å². The quantitative estimate of drug-likeness (QED) is 0.833. The van der Waals surface area contributed by atoms with E-state index in [9.17, 15) is 9.59 Å². The zero-order chi connectivity index (χ0) is 13.1. The average Bonchev–Trinajstić information content (AvgIpc) is 2.68. The van der Waals surface area contributed by atoms with Crippen molar-refractivity contribution in [3.63, 3.8) is 0 Å². The summed E-state index contributed by atoms with van der Waals surface area (Å²) < 4.78 is 0. The Bertz CT molecular complexity index is 483. The first-order valence-corrected chi connectivity index (χ1v) is 6.19. The van der Waals surface area contributed by atoms with Crippen LogP contribution in [0.4, 0.5) is 5.69 Å². The molecule has 2 rings (SSSR count). The molecule has 0 aliphatic carbocycles. The van der Waals surface area contributed by atoms with Gasteiger partial charge in [-0.1, -0.05) is 12.1 Å². The first-order valence-electron chi connectivity index (χ1n) is 6.19. The van der Waals surface area contributed by atoms with Crippen molar-refractivity contribution in [2.75, 3.05) is 12.4 Å². The number of Topliss-reactive ketones (excluding diaryl/α,β-unsaturated/α-hetero) is 1. The lowest BCUT2D eigenvalue weighted by molar-refractivity contribution is -0.117. The number of anilines is 1. The summed E-state index contributed by atoms with van der Waals surface area (Å²) in [6.45, 7) is 1.61. The summed E-state index contributed by atoms with van der Waals surface area (Å²) in [6.07, 6.45) is 1.80. The Morgan fingerprint density at radius 3 is 2.94 bits per heavy atom. The molecule has 0 saturated heterocycles. The van der Waals surface area contributed by atoms with E-state index in [-0.39, 0.29) is 17.7 Å². The van der Waals surface area contributed by atoms with Crippen molar-refractivity contribution in [3.05, 3.63) is 29.3 Å². The molecule has 1 heterocycles. The highest BCUT2D eigenvalue weighted by Crippen LogP contribution is 2.27. The zero-order valence-electron chi connectivity index (χ0n) is 10.7. The van der Waals surface area contributed by atoms with Crippen molar-refractivity contribution < 1.29 is 9.59 Å². The normalized spacial score (nSPS) is 15.1. The Balaban J connectivity index is 2.14. The molecule has 0 aromatic heterocycles. The molecular weight excluding hydrogens is 228 g/mol. The summed E-state index contributed by atoms with van der Waals surface area (Å²) >= 11 is 0. The molecule has 4 heteroatoms. The smallest absolute Gasteiger partial charge is 0.228 e. The summed E-state index contributed by atoms with van der Waals surface area (Å²) in [4.78, 5) is 22.3. The first kappa shape index (κ1) is 12.8. The SMILES string of the molecule is CNC(CCC(C)=O)c1ccc2c(c1)CC(=O)N2. The van der Waals surface area contributed by atoms with Crippen LogP contribution < -0.4 is 10.6 Å². The van der Waals surface area contributed by atoms with Gasteiger partial charge in [-0.3, -0.25) is 4.79 Å². The molecule has 0 spiro atoms. The molecule has 0 radical (unpaired) electrons. The minimum Gasteiger partial charge on any atom is -0.326 e. The second-order valence-electron chi connectivity index (χ2n) is 4.72. The second kappa shape index (κ2) is 5.31. The molecule has 1 atom stereocenters. The van der Waals surface area contributed by atoms with Gasteiger partial charge in [0.25, 0.3) is 0 Å². The van der Waals surface area contributed by atoms with Crippen LogP contribution >= 0.6 is 0 Å². The van der Waals surface area contributed by atoms with Crippen LogP contribution in [0.5, 0.6) is 0 Å². The first-order chi connectivity index (χ1) is 8.60. The molecule has 0 bridgehead atoms. The largest absolute Gasteiger partial charge is 0.326 e. The number of rotatable bonds is 5. The Hall–Kier alpha value is -1.68. The van der Waals surface area contributed by atoms with Gasteiger partial charge in [0, 0.05) is 18.2 Å². The highest BCUT2D eigenvalue weighted by molar-refractivity contribution is 5.99. The van der Waals surface area contributed by atoms with E-state index in [1.807, 2.05) is 19.2 Å². The Morgan fingerprint density at radius 1 is 1.50 bits per heavy atom. The van der Waals surface area contributed by atoms with Gasteiger partial charge < -0.3 is 15.4 Å². The fourth-order valence-electron chi connectivity index (χ4n) is 2.29. The van der Waals surface area contributed by atoms with Crippen molar-refractivity contribution >= 4 is 17.4 Å². The molecule has 0 saturated carbocycles. The lowest BCUT2D eigenvalue weighted by Gasteiger charge is -2.16. The third-order valence-corrected chi connectivity index (χ3v) is 3.29. The maximum atomic E-state index is 11.3. The Morgan fingerprint density at radius 2 is 2.28 bits per heavy atom. The van der Waals surface area contributed by atoms with Gasteiger partial charge in [-0.25, -0.2) is 0 Å². The van der Waals surface area contributed by atoms with Crippen LogP contribution in [-0.2, 0) is 16.0 Å². The van der Waals surface area contributed by atoms with Crippen LogP contribution in [0.25, 0.3) is 0 Å². The average molecular weight is 246 g/mol. The molecule has 0 fully saturated rings. The fourth-order valence-corrected chi connectivity index (χ4v) is 2.29. The highest BCUT2D eigenvalue weighted by atomic mass is 16.1. The number of hydrogen-bond donors (Lipinski definition) is 2. The molecule has 1 amide bonds. The van der Waals surface area contributed by atoms with Crippen molar-refractivity contribution in [1.29, 1.82) is 0 Å². The van der Waals surface area contributed by atoms with Crippen LogP contribution in [0.3, 0.4) is 0 Å². The number of ketones is 1. The van der Waals surface area contributed by atoms with Crippen molar-refractivity contribution in [3.8, 4) is 0 Å². The zero-order valence-corrected chi connectivity index (χ0v) is 10.7. The van der Waals surface area contributed by atoms with E-state index in [4.69, 9.17) is 0 Å². The van der Waals surface area contributed by atoms with E-state index in [2.05, 4.69) is 16.7 Å². The predicted octanol–water partition coefficient (Wildman–Crippen LogP) is 1.81. The number of nitrogens with one attached hydrogen (secondary N) is 2. The predicted molar refractivity (Wildman–Crippen MR) is 70.5 cm³/mol. The maximum Gasteiger partial charge on any atom is 0.228 e. The molecule has 4 nitrogen and oxygen atoms in total. The van der Waals surface area contributed by atoms with Crippen LogP contribution in [0.15, 0.2) is 18.2 Å². The number of fused-ring (bicyclic) bond motifs is 1. The summed E-state index contributed by atoms with van der Waals surface area (Å²) in [5, 5.41) is 6.04. The van der Waals surface area contributed by atoms with Gasteiger partial charge in [-0.05, 0) is 37.6 Å². The molecule has 1 aliphatic heterocycles. The lowest BCUT2D eigenvalue weighted by atomic mass is 9.98. The Kier molecular flexibility index (Phi) is 3.77. The molecule has 1 aliphatic rings. The van der Waals surface area contributed by atoms with Crippen molar-refractivity contribution in [2.24, 2.45) is 0 Å². The summed E-state index contributed by atoms with van der Waals surface area (Å²) in [5.41, 5.74) is 3.08. The summed E-state index contributed by atoms with van der Waals surface area (Å²) in [6, 6.07) is 6.16. The van der Waals surface area contributed by atoms with Gasteiger partial charge in [0.1, 0.15) is 5.78 Å². The fraction of sp³-hybridized carbons (Fsp3) is 0.429. The number of carbonyl (C=O) groups is 2. The van der Waals surface area contributed by atoms with Crippen LogP contribution in [0.1, 0.15) is 36.9 Å². The van der Waals surface area contributed by atoms with Gasteiger partial charge in [-0.15, -0.1) is 0 Å². The van der Waals surface area contributed by atoms with Gasteiger partial charge >= 0.3 is 0 Å². The maximum absolute atomic E-state index is 11.3. The van der Waals surface area contributed by atoms with Crippen molar-refractivity contribution in [2.45, 2.75) is 32.2 Å². The van der Waals surface area contributed by atoms with Gasteiger partial charge in [0.2, 0.25) is 5.91 Å². The number of amides is 1. The Labute approximate surface area is 107 Å². The second-order valence-corrected chi connectivity index (χ2v) is 4.72. The van der Waals surface area contributed by atoms with E-state index in [0.717, 1.165) is 23.2 Å².